The van der Waals surface area contributed by atoms with Crippen LogP contribution in [0.15, 0.2) is 41.4 Å². The van der Waals surface area contributed by atoms with Gasteiger partial charge in [-0.05, 0) is 25.0 Å². The summed E-state index contributed by atoms with van der Waals surface area (Å²) < 4.78 is 33.6. The Balaban J connectivity index is 1.69. The van der Waals surface area contributed by atoms with E-state index in [1.165, 1.54) is 4.31 Å². The van der Waals surface area contributed by atoms with Gasteiger partial charge in [0.25, 0.3) is 5.91 Å². The molecule has 10 heteroatoms. The van der Waals surface area contributed by atoms with Crippen LogP contribution >= 0.6 is 0 Å². The van der Waals surface area contributed by atoms with Crippen LogP contribution in [0.4, 0.5) is 0 Å². The minimum absolute atomic E-state index is 0.162. The van der Waals surface area contributed by atoms with E-state index in [4.69, 9.17) is 4.74 Å². The molecule has 0 aliphatic carbocycles. The predicted molar refractivity (Wildman–Crippen MR) is 97.7 cm³/mol. The average molecular weight is 393 g/mol. The van der Waals surface area contributed by atoms with E-state index < -0.39 is 10.0 Å². The van der Waals surface area contributed by atoms with Gasteiger partial charge < -0.3 is 10.1 Å². The van der Waals surface area contributed by atoms with Gasteiger partial charge in [0.05, 0.1) is 23.7 Å². The van der Waals surface area contributed by atoms with Crippen molar-refractivity contribution >= 4 is 15.9 Å². The molecule has 0 saturated carbocycles. The van der Waals surface area contributed by atoms with Gasteiger partial charge in [-0.15, -0.1) is 5.10 Å². The monoisotopic (exact) mass is 393 g/mol. The number of ether oxygens (including phenoxy) is 1. The number of piperidine rings is 1. The number of nitrogens with one attached hydrogen (secondary N) is 1. The maximum atomic E-state index is 12.8. The summed E-state index contributed by atoms with van der Waals surface area (Å²) in [5.74, 6) is -0.331. The van der Waals surface area contributed by atoms with Crippen LogP contribution in [-0.2, 0) is 14.8 Å². The molecule has 1 aliphatic heterocycles. The summed E-state index contributed by atoms with van der Waals surface area (Å²) in [4.78, 5) is 12.3. The Kier molecular flexibility index (Phi) is 6.19. The van der Waals surface area contributed by atoms with Crippen LogP contribution in [0.3, 0.4) is 0 Å². The van der Waals surface area contributed by atoms with Crippen molar-refractivity contribution in [3.8, 4) is 0 Å². The Morgan fingerprint density at radius 2 is 2.11 bits per heavy atom. The van der Waals surface area contributed by atoms with E-state index in [-0.39, 0.29) is 22.5 Å². The van der Waals surface area contributed by atoms with Gasteiger partial charge in [0.1, 0.15) is 0 Å². The zero-order chi connectivity index (χ0) is 19.3. The molecule has 1 aliphatic rings. The minimum atomic E-state index is -3.55. The highest BCUT2D eigenvalue weighted by atomic mass is 32.2. The van der Waals surface area contributed by atoms with E-state index in [1.54, 1.807) is 48.3 Å². The predicted octanol–water partition coefficient (Wildman–Crippen LogP) is 0.680. The van der Waals surface area contributed by atoms with Gasteiger partial charge >= 0.3 is 0 Å². The number of rotatable bonds is 7. The Hall–Kier alpha value is -2.30. The molecule has 1 aromatic carbocycles. The fourth-order valence-electron chi connectivity index (χ4n) is 3.01. The number of aromatic nitrogens is 3. The molecule has 1 atom stereocenters. The van der Waals surface area contributed by atoms with Crippen LogP contribution in [0.1, 0.15) is 29.4 Å². The third-order valence-electron chi connectivity index (χ3n) is 4.45. The molecule has 1 aromatic heterocycles. The minimum Gasteiger partial charge on any atom is -0.383 e. The van der Waals surface area contributed by atoms with Crippen LogP contribution in [0.25, 0.3) is 0 Å². The quantitative estimate of drug-likeness (QED) is 0.694. The summed E-state index contributed by atoms with van der Waals surface area (Å²) in [5, 5.41) is 10.6. The maximum Gasteiger partial charge on any atom is 0.273 e. The number of amides is 1. The molecule has 2 aromatic rings. The second-order valence-corrected chi connectivity index (χ2v) is 8.24. The summed E-state index contributed by atoms with van der Waals surface area (Å²) >= 11 is 0. The lowest BCUT2D eigenvalue weighted by Crippen LogP contribution is -2.40. The van der Waals surface area contributed by atoms with Crippen molar-refractivity contribution in [3.05, 3.63) is 42.2 Å². The first-order chi connectivity index (χ1) is 13.0. The lowest BCUT2D eigenvalue weighted by atomic mass is 10.1. The van der Waals surface area contributed by atoms with Crippen LogP contribution in [0.5, 0.6) is 0 Å². The lowest BCUT2D eigenvalue weighted by molar-refractivity contribution is 0.0932. The topological polar surface area (TPSA) is 106 Å². The van der Waals surface area contributed by atoms with Crippen molar-refractivity contribution in [2.75, 3.05) is 33.4 Å². The SMILES string of the molecule is COCCNC(=O)c1cn(C2CCCN(S(=O)(=O)c3ccccc3)C2)nn1. The van der Waals surface area contributed by atoms with E-state index in [9.17, 15) is 13.2 Å². The van der Waals surface area contributed by atoms with Crippen molar-refractivity contribution in [3.63, 3.8) is 0 Å². The molecular weight excluding hydrogens is 370 g/mol. The first-order valence-corrected chi connectivity index (χ1v) is 10.2. The van der Waals surface area contributed by atoms with Crippen molar-refractivity contribution < 1.29 is 17.9 Å². The average Bonchev–Trinajstić information content (AvgIpc) is 3.19. The summed E-state index contributed by atoms with van der Waals surface area (Å²) in [6.07, 6.45) is 3.05. The number of methoxy groups -OCH3 is 1. The van der Waals surface area contributed by atoms with Gasteiger partial charge in [0, 0.05) is 26.7 Å². The maximum absolute atomic E-state index is 12.8. The Bertz CT molecular complexity index is 868. The molecule has 146 valence electrons. The molecule has 1 fully saturated rings. The number of hydrogen-bond acceptors (Lipinski definition) is 6. The highest BCUT2D eigenvalue weighted by molar-refractivity contribution is 7.89. The Morgan fingerprint density at radius 1 is 1.33 bits per heavy atom. The molecule has 0 bridgehead atoms. The van der Waals surface area contributed by atoms with E-state index >= 15 is 0 Å². The molecular formula is C17H23N5O4S. The van der Waals surface area contributed by atoms with Gasteiger partial charge in [0.15, 0.2) is 5.69 Å². The number of carbonyl (C=O) groups excluding carboxylic acids is 1. The molecule has 1 unspecified atom stereocenters. The van der Waals surface area contributed by atoms with Crippen LogP contribution in [-0.4, -0.2) is 67.0 Å². The van der Waals surface area contributed by atoms with Crippen LogP contribution in [0.2, 0.25) is 0 Å². The van der Waals surface area contributed by atoms with E-state index in [0.717, 1.165) is 6.42 Å². The van der Waals surface area contributed by atoms with Gasteiger partial charge in [0.2, 0.25) is 10.0 Å². The van der Waals surface area contributed by atoms with E-state index in [2.05, 4.69) is 15.6 Å². The van der Waals surface area contributed by atoms with Gasteiger partial charge in [-0.25, -0.2) is 13.1 Å². The summed E-state index contributed by atoms with van der Waals surface area (Å²) in [7, 11) is -1.99. The molecule has 1 saturated heterocycles. The van der Waals surface area contributed by atoms with Gasteiger partial charge in [-0.2, -0.15) is 4.31 Å². The molecule has 0 radical (unpaired) electrons. The first-order valence-electron chi connectivity index (χ1n) is 8.76. The van der Waals surface area contributed by atoms with Crippen molar-refractivity contribution in [1.29, 1.82) is 0 Å². The number of benzene rings is 1. The summed E-state index contributed by atoms with van der Waals surface area (Å²) in [5.41, 5.74) is 0.203. The lowest BCUT2D eigenvalue weighted by Gasteiger charge is -2.31. The zero-order valence-electron chi connectivity index (χ0n) is 15.1. The number of nitrogens with zero attached hydrogens (tertiary/aromatic N) is 4. The first kappa shape index (κ1) is 19.5. The standard InChI is InChI=1S/C17H23N5O4S/c1-26-11-9-18-17(23)16-13-22(20-19-16)14-6-5-10-21(12-14)27(24,25)15-7-3-2-4-8-15/h2-4,7-8,13-14H,5-6,9-12H2,1H3,(H,18,23). The highest BCUT2D eigenvalue weighted by Gasteiger charge is 2.31. The molecule has 1 amide bonds. The zero-order valence-corrected chi connectivity index (χ0v) is 15.9. The van der Waals surface area contributed by atoms with Crippen LogP contribution < -0.4 is 5.32 Å². The normalized spacial score (nSPS) is 18.3. The largest absolute Gasteiger partial charge is 0.383 e. The molecule has 2 heterocycles. The molecule has 3 rings (SSSR count). The molecule has 1 N–H and O–H groups in total. The number of hydrogen-bond donors (Lipinski definition) is 1. The number of sulfonamides is 1. The summed E-state index contributed by atoms with van der Waals surface area (Å²) in [6, 6.07) is 8.23. The van der Waals surface area contributed by atoms with Gasteiger partial charge in [-0.1, -0.05) is 23.4 Å². The second kappa shape index (κ2) is 8.59. The van der Waals surface area contributed by atoms with Crippen molar-refractivity contribution in [2.24, 2.45) is 0 Å². The van der Waals surface area contributed by atoms with E-state index in [1.807, 2.05) is 0 Å². The molecule has 27 heavy (non-hydrogen) atoms. The van der Waals surface area contributed by atoms with Crippen LogP contribution in [0, 0.1) is 0 Å². The second-order valence-electron chi connectivity index (χ2n) is 6.30. The summed E-state index contributed by atoms with van der Waals surface area (Å²) in [6.45, 7) is 1.56. The van der Waals surface area contributed by atoms with E-state index in [0.29, 0.717) is 32.7 Å². The molecule has 0 spiro atoms. The van der Waals surface area contributed by atoms with Crippen molar-refractivity contribution in [2.45, 2.75) is 23.8 Å². The molecule has 9 nitrogen and oxygen atoms in total. The fourth-order valence-corrected chi connectivity index (χ4v) is 4.55. The fraction of sp³-hybridized carbons (Fsp3) is 0.471. The Morgan fingerprint density at radius 3 is 2.85 bits per heavy atom. The van der Waals surface area contributed by atoms with Gasteiger partial charge in [-0.3, -0.25) is 4.79 Å². The third kappa shape index (κ3) is 4.52. The smallest absolute Gasteiger partial charge is 0.273 e. The Labute approximate surface area is 158 Å². The van der Waals surface area contributed by atoms with Crippen molar-refractivity contribution in [1.82, 2.24) is 24.6 Å². The highest BCUT2D eigenvalue weighted by Crippen LogP contribution is 2.26. The number of carbonyl (C=O) groups is 1. The third-order valence-corrected chi connectivity index (χ3v) is 6.33.